The molecule has 0 saturated heterocycles. The lowest BCUT2D eigenvalue weighted by Gasteiger charge is -2.34. The Labute approximate surface area is 140 Å². The predicted molar refractivity (Wildman–Crippen MR) is 90.0 cm³/mol. The molecule has 0 bridgehead atoms. The standard InChI is InChI=1S/C19H19NO4/c1-19(2,3)24-18(22)20-14-11-7-8-12-15(14)23-16(17(20)21)13-9-5-4-6-10-13/h4-12,16H,1-3H3. The minimum Gasteiger partial charge on any atom is -0.474 e. The van der Waals surface area contributed by atoms with E-state index in [0.717, 1.165) is 4.90 Å². The Morgan fingerprint density at radius 3 is 2.33 bits per heavy atom. The van der Waals surface area contributed by atoms with Crippen molar-refractivity contribution in [2.75, 3.05) is 4.90 Å². The molecule has 5 nitrogen and oxygen atoms in total. The van der Waals surface area contributed by atoms with Crippen LogP contribution in [0.4, 0.5) is 10.5 Å². The molecular formula is C19H19NO4. The van der Waals surface area contributed by atoms with Crippen LogP contribution < -0.4 is 9.64 Å². The summed E-state index contributed by atoms with van der Waals surface area (Å²) in [4.78, 5) is 26.6. The number of imide groups is 1. The Kier molecular flexibility index (Phi) is 4.01. The van der Waals surface area contributed by atoms with Crippen LogP contribution in [0.2, 0.25) is 0 Å². The molecule has 5 heteroatoms. The molecule has 0 spiro atoms. The van der Waals surface area contributed by atoms with Gasteiger partial charge in [-0.05, 0) is 32.9 Å². The number of ether oxygens (including phenoxy) is 2. The maximum atomic E-state index is 12.9. The van der Waals surface area contributed by atoms with Gasteiger partial charge in [-0.2, -0.15) is 0 Å². The van der Waals surface area contributed by atoms with Gasteiger partial charge in [-0.3, -0.25) is 4.79 Å². The highest BCUT2D eigenvalue weighted by Gasteiger charge is 2.40. The van der Waals surface area contributed by atoms with Gasteiger partial charge in [-0.1, -0.05) is 42.5 Å². The van der Waals surface area contributed by atoms with E-state index in [1.165, 1.54) is 0 Å². The third kappa shape index (κ3) is 3.11. The lowest BCUT2D eigenvalue weighted by molar-refractivity contribution is -0.126. The van der Waals surface area contributed by atoms with Crippen molar-refractivity contribution in [3.05, 3.63) is 60.2 Å². The van der Waals surface area contributed by atoms with Crippen LogP contribution in [0.1, 0.15) is 32.4 Å². The Hall–Kier alpha value is -2.82. The summed E-state index contributed by atoms with van der Waals surface area (Å²) in [5.41, 5.74) is 0.377. The normalized spacial score (nSPS) is 17.0. The maximum absolute atomic E-state index is 12.9. The Morgan fingerprint density at radius 1 is 1.04 bits per heavy atom. The van der Waals surface area contributed by atoms with Gasteiger partial charge in [0.25, 0.3) is 5.91 Å². The lowest BCUT2D eigenvalue weighted by atomic mass is 10.1. The van der Waals surface area contributed by atoms with E-state index < -0.39 is 23.7 Å². The molecule has 0 radical (unpaired) electrons. The number of para-hydroxylation sites is 2. The van der Waals surface area contributed by atoms with E-state index in [0.29, 0.717) is 17.0 Å². The van der Waals surface area contributed by atoms with E-state index in [1.807, 2.05) is 18.2 Å². The van der Waals surface area contributed by atoms with E-state index in [4.69, 9.17) is 9.47 Å². The molecule has 1 atom stereocenters. The van der Waals surface area contributed by atoms with Gasteiger partial charge in [-0.15, -0.1) is 0 Å². The number of hydrogen-bond acceptors (Lipinski definition) is 4. The number of rotatable bonds is 1. The maximum Gasteiger partial charge on any atom is 0.421 e. The molecule has 0 fully saturated rings. The lowest BCUT2D eigenvalue weighted by Crippen LogP contribution is -2.47. The third-order valence-electron chi connectivity index (χ3n) is 3.47. The highest BCUT2D eigenvalue weighted by atomic mass is 16.6. The number of fused-ring (bicyclic) bond motifs is 1. The topological polar surface area (TPSA) is 55.8 Å². The van der Waals surface area contributed by atoms with Gasteiger partial charge in [0.2, 0.25) is 6.10 Å². The number of anilines is 1. The van der Waals surface area contributed by atoms with Crippen LogP contribution in [0, 0.1) is 0 Å². The van der Waals surface area contributed by atoms with Crippen LogP contribution in [-0.4, -0.2) is 17.6 Å². The van der Waals surface area contributed by atoms with E-state index in [2.05, 4.69) is 0 Å². The summed E-state index contributed by atoms with van der Waals surface area (Å²) < 4.78 is 11.2. The van der Waals surface area contributed by atoms with Crippen molar-refractivity contribution < 1.29 is 19.1 Å². The van der Waals surface area contributed by atoms with Crippen molar-refractivity contribution in [2.45, 2.75) is 32.5 Å². The molecule has 0 saturated carbocycles. The molecule has 24 heavy (non-hydrogen) atoms. The fourth-order valence-electron chi connectivity index (χ4n) is 2.49. The molecule has 1 heterocycles. The zero-order chi connectivity index (χ0) is 17.3. The average Bonchev–Trinajstić information content (AvgIpc) is 2.53. The first-order valence-corrected chi connectivity index (χ1v) is 7.74. The highest BCUT2D eigenvalue weighted by molar-refractivity contribution is 6.16. The molecule has 0 aliphatic carbocycles. The van der Waals surface area contributed by atoms with E-state index in [9.17, 15) is 9.59 Å². The van der Waals surface area contributed by atoms with Gasteiger partial charge < -0.3 is 9.47 Å². The van der Waals surface area contributed by atoms with Crippen LogP contribution >= 0.6 is 0 Å². The van der Waals surface area contributed by atoms with Crippen molar-refractivity contribution in [1.82, 2.24) is 0 Å². The Balaban J connectivity index is 2.03. The molecule has 2 aromatic carbocycles. The number of carbonyl (C=O) groups is 2. The summed E-state index contributed by atoms with van der Waals surface area (Å²) in [6.07, 6.45) is -1.59. The van der Waals surface area contributed by atoms with E-state index in [-0.39, 0.29) is 0 Å². The molecule has 2 amide bonds. The molecule has 3 rings (SSSR count). The summed E-state index contributed by atoms with van der Waals surface area (Å²) in [5.74, 6) is 0.00552. The second-order valence-electron chi connectivity index (χ2n) is 6.53. The predicted octanol–water partition coefficient (Wildman–Crippen LogP) is 4.09. The van der Waals surface area contributed by atoms with E-state index in [1.54, 1.807) is 57.2 Å². The second-order valence-corrected chi connectivity index (χ2v) is 6.53. The van der Waals surface area contributed by atoms with Crippen molar-refractivity contribution in [3.63, 3.8) is 0 Å². The summed E-state index contributed by atoms with van der Waals surface area (Å²) >= 11 is 0. The zero-order valence-electron chi connectivity index (χ0n) is 13.9. The molecular weight excluding hydrogens is 306 g/mol. The van der Waals surface area contributed by atoms with Crippen molar-refractivity contribution in [1.29, 1.82) is 0 Å². The van der Waals surface area contributed by atoms with Gasteiger partial charge in [0.15, 0.2) is 0 Å². The average molecular weight is 325 g/mol. The number of benzene rings is 2. The van der Waals surface area contributed by atoms with Crippen LogP contribution in [-0.2, 0) is 9.53 Å². The Morgan fingerprint density at radius 2 is 1.67 bits per heavy atom. The van der Waals surface area contributed by atoms with Crippen LogP contribution in [0.15, 0.2) is 54.6 Å². The van der Waals surface area contributed by atoms with Gasteiger partial charge in [0, 0.05) is 5.56 Å². The zero-order valence-corrected chi connectivity index (χ0v) is 13.9. The van der Waals surface area contributed by atoms with Crippen molar-refractivity contribution in [2.24, 2.45) is 0 Å². The number of hydrogen-bond donors (Lipinski definition) is 0. The Bertz CT molecular complexity index is 764. The molecule has 1 aliphatic rings. The minimum absolute atomic E-state index is 0.393. The summed E-state index contributed by atoms with van der Waals surface area (Å²) in [6.45, 7) is 5.28. The largest absolute Gasteiger partial charge is 0.474 e. The molecule has 124 valence electrons. The first-order valence-electron chi connectivity index (χ1n) is 7.74. The molecule has 0 N–H and O–H groups in total. The molecule has 2 aromatic rings. The first kappa shape index (κ1) is 16.1. The SMILES string of the molecule is CC(C)(C)OC(=O)N1C(=O)C(c2ccccc2)Oc2ccccc21. The monoisotopic (exact) mass is 325 g/mol. The minimum atomic E-state index is -0.881. The fourth-order valence-corrected chi connectivity index (χ4v) is 2.49. The van der Waals surface area contributed by atoms with Crippen LogP contribution in [0.3, 0.4) is 0 Å². The first-order chi connectivity index (χ1) is 11.4. The van der Waals surface area contributed by atoms with Crippen LogP contribution in [0.25, 0.3) is 0 Å². The second kappa shape index (κ2) is 6.00. The molecule has 0 aromatic heterocycles. The van der Waals surface area contributed by atoms with Gasteiger partial charge in [0.1, 0.15) is 11.4 Å². The van der Waals surface area contributed by atoms with Gasteiger partial charge in [-0.25, -0.2) is 9.69 Å². The van der Waals surface area contributed by atoms with E-state index >= 15 is 0 Å². The van der Waals surface area contributed by atoms with Crippen molar-refractivity contribution in [3.8, 4) is 5.75 Å². The molecule has 1 unspecified atom stereocenters. The number of nitrogens with zero attached hydrogens (tertiary/aromatic N) is 1. The van der Waals surface area contributed by atoms with Crippen molar-refractivity contribution >= 4 is 17.7 Å². The number of carbonyl (C=O) groups excluding carboxylic acids is 2. The quantitative estimate of drug-likeness (QED) is 0.792. The summed E-state index contributed by atoms with van der Waals surface area (Å²) in [7, 11) is 0. The summed E-state index contributed by atoms with van der Waals surface area (Å²) in [5, 5.41) is 0. The number of amides is 2. The highest BCUT2D eigenvalue weighted by Crippen LogP contribution is 2.39. The van der Waals surface area contributed by atoms with Gasteiger partial charge in [0.05, 0.1) is 5.69 Å². The smallest absolute Gasteiger partial charge is 0.421 e. The van der Waals surface area contributed by atoms with Gasteiger partial charge >= 0.3 is 6.09 Å². The van der Waals surface area contributed by atoms with Crippen LogP contribution in [0.5, 0.6) is 5.75 Å². The molecule has 1 aliphatic heterocycles. The third-order valence-corrected chi connectivity index (χ3v) is 3.47. The summed E-state index contributed by atoms with van der Waals surface area (Å²) in [6, 6.07) is 16.0. The fraction of sp³-hybridized carbons (Fsp3) is 0.263.